The molecule has 2 N–H and O–H groups in total. The molecule has 2 heterocycles. The molecule has 3 rings (SSSR count). The van der Waals surface area contributed by atoms with Crippen LogP contribution in [0.15, 0.2) is 24.7 Å². The quantitative estimate of drug-likeness (QED) is 0.567. The number of nitriles is 1. The van der Waals surface area contributed by atoms with Crippen molar-refractivity contribution in [2.45, 2.75) is 38.3 Å². The van der Waals surface area contributed by atoms with Crippen LogP contribution in [0.2, 0.25) is 0 Å². The van der Waals surface area contributed by atoms with Gasteiger partial charge in [0.1, 0.15) is 12.1 Å². The average molecular weight is 473 g/mol. The number of hydrogen-bond acceptors (Lipinski definition) is 8. The Morgan fingerprint density at radius 1 is 1.26 bits per heavy atom. The number of pyridine rings is 1. The molecule has 1 atom stereocenters. The second kappa shape index (κ2) is 10.9. The van der Waals surface area contributed by atoms with Crippen LogP contribution >= 0.6 is 0 Å². The van der Waals surface area contributed by atoms with Gasteiger partial charge in [-0.3, -0.25) is 14.6 Å². The zero-order valence-corrected chi connectivity index (χ0v) is 19.0. The molecule has 12 heteroatoms. The first-order chi connectivity index (χ1) is 16.2. The third kappa shape index (κ3) is 5.99. The van der Waals surface area contributed by atoms with Crippen LogP contribution in [-0.2, 0) is 14.3 Å². The molecule has 2 aromatic rings. The van der Waals surface area contributed by atoms with Gasteiger partial charge in [-0.2, -0.15) is 5.26 Å². The van der Waals surface area contributed by atoms with Crippen molar-refractivity contribution in [3.8, 4) is 17.3 Å². The van der Waals surface area contributed by atoms with Crippen LogP contribution in [0.1, 0.15) is 25.5 Å². The molecule has 1 saturated carbocycles. The molecule has 34 heavy (non-hydrogen) atoms. The maximum Gasteiger partial charge on any atom is 0.255 e. The van der Waals surface area contributed by atoms with Gasteiger partial charge < -0.3 is 20.3 Å². The lowest BCUT2D eigenvalue weighted by molar-refractivity contribution is -0.132. The molecular formula is C22H25F2N7O3. The number of ether oxygens (including phenoxy) is 1. The number of halogens is 2. The SMILES string of the molecule is COC1CC(C(=O)Nc2cnc(-c3cnc(C#N)c(NC(C)C(=O)N(C)CC(F)F)c3)cn2)C1. The number of methoxy groups -OCH3 is 1. The number of alkyl halides is 2. The standard InChI is InChI=1S/C22H25F2N7O3/c1-12(22(33)31(2)11-19(23)24)29-16-6-14(8-26-17(16)7-25)18-9-28-20(10-27-18)30-21(32)13-4-15(5-13)34-3/h6,8-10,12-13,15,19,29H,4-5,11H2,1-3H3,(H,28,30,32). The van der Waals surface area contributed by atoms with Crippen LogP contribution in [0.3, 0.4) is 0 Å². The van der Waals surface area contributed by atoms with E-state index in [0.29, 0.717) is 29.9 Å². The van der Waals surface area contributed by atoms with Gasteiger partial charge in [-0.1, -0.05) is 0 Å². The van der Waals surface area contributed by atoms with Gasteiger partial charge in [0.05, 0.1) is 36.4 Å². The maximum absolute atomic E-state index is 12.6. The molecule has 1 aliphatic rings. The van der Waals surface area contributed by atoms with Gasteiger partial charge in [-0.15, -0.1) is 0 Å². The summed E-state index contributed by atoms with van der Waals surface area (Å²) in [6, 6.07) is 2.63. The van der Waals surface area contributed by atoms with Gasteiger partial charge in [0.15, 0.2) is 11.5 Å². The fraction of sp³-hybridized carbons (Fsp3) is 0.455. The summed E-state index contributed by atoms with van der Waals surface area (Å²) in [5.41, 5.74) is 1.22. The fourth-order valence-electron chi connectivity index (χ4n) is 3.47. The topological polar surface area (TPSA) is 133 Å². The number of nitrogens with one attached hydrogen (secondary N) is 2. The zero-order chi connectivity index (χ0) is 24.8. The third-order valence-corrected chi connectivity index (χ3v) is 5.52. The highest BCUT2D eigenvalue weighted by molar-refractivity contribution is 5.92. The molecule has 0 aliphatic heterocycles. The molecule has 2 amide bonds. The van der Waals surface area contributed by atoms with E-state index in [4.69, 9.17) is 4.74 Å². The maximum atomic E-state index is 12.6. The van der Waals surface area contributed by atoms with Crippen molar-refractivity contribution < 1.29 is 23.1 Å². The molecule has 1 fully saturated rings. The van der Waals surface area contributed by atoms with E-state index in [0.717, 1.165) is 4.90 Å². The average Bonchev–Trinajstić information content (AvgIpc) is 2.77. The predicted molar refractivity (Wildman–Crippen MR) is 119 cm³/mol. The summed E-state index contributed by atoms with van der Waals surface area (Å²) in [6.45, 7) is 0.812. The van der Waals surface area contributed by atoms with Crippen LogP contribution in [0.4, 0.5) is 20.3 Å². The number of carbonyl (C=O) groups is 2. The smallest absolute Gasteiger partial charge is 0.255 e. The fourth-order valence-corrected chi connectivity index (χ4v) is 3.47. The van der Waals surface area contributed by atoms with E-state index in [9.17, 15) is 23.6 Å². The molecule has 0 radical (unpaired) electrons. The molecule has 0 bridgehead atoms. The molecule has 1 aliphatic carbocycles. The lowest BCUT2D eigenvalue weighted by Gasteiger charge is -2.32. The van der Waals surface area contributed by atoms with Gasteiger partial charge in [-0.25, -0.2) is 18.7 Å². The number of nitrogens with zero attached hydrogens (tertiary/aromatic N) is 5. The Bertz CT molecular complexity index is 1070. The lowest BCUT2D eigenvalue weighted by Crippen LogP contribution is -2.41. The van der Waals surface area contributed by atoms with E-state index >= 15 is 0 Å². The van der Waals surface area contributed by atoms with Gasteiger partial charge in [0.25, 0.3) is 6.43 Å². The molecule has 0 spiro atoms. The first kappa shape index (κ1) is 24.9. The Kier molecular flexibility index (Phi) is 8.01. The van der Waals surface area contributed by atoms with E-state index in [1.807, 2.05) is 6.07 Å². The van der Waals surface area contributed by atoms with E-state index in [1.165, 1.54) is 32.6 Å². The van der Waals surface area contributed by atoms with Gasteiger partial charge in [0.2, 0.25) is 11.8 Å². The minimum atomic E-state index is -2.65. The monoisotopic (exact) mass is 473 g/mol. The minimum absolute atomic E-state index is 0.0339. The van der Waals surface area contributed by atoms with Crippen molar-refractivity contribution in [2.75, 3.05) is 31.3 Å². The Labute approximate surface area is 195 Å². The normalized spacial score (nSPS) is 17.9. The Morgan fingerprint density at radius 3 is 2.59 bits per heavy atom. The highest BCUT2D eigenvalue weighted by atomic mass is 19.3. The number of rotatable bonds is 9. The van der Waals surface area contributed by atoms with E-state index < -0.39 is 24.9 Å². The van der Waals surface area contributed by atoms with Crippen LogP contribution in [-0.4, -0.2) is 70.9 Å². The van der Waals surface area contributed by atoms with Crippen molar-refractivity contribution in [1.29, 1.82) is 5.26 Å². The Morgan fingerprint density at radius 2 is 2.00 bits per heavy atom. The lowest BCUT2D eigenvalue weighted by atomic mass is 9.81. The van der Waals surface area contributed by atoms with Gasteiger partial charge in [-0.05, 0) is 25.8 Å². The second-order valence-corrected chi connectivity index (χ2v) is 8.01. The number of hydrogen-bond donors (Lipinski definition) is 2. The molecule has 0 aromatic carbocycles. The summed E-state index contributed by atoms with van der Waals surface area (Å²) in [5.74, 6) is -0.516. The van der Waals surface area contributed by atoms with Crippen LogP contribution in [0, 0.1) is 17.2 Å². The Hall–Kier alpha value is -3.72. The summed E-state index contributed by atoms with van der Waals surface area (Å²) < 4.78 is 30.3. The van der Waals surface area contributed by atoms with Gasteiger partial charge >= 0.3 is 0 Å². The number of anilines is 2. The van der Waals surface area contributed by atoms with E-state index in [-0.39, 0.29) is 29.3 Å². The number of likely N-dealkylation sites (N-methyl/N-ethyl adjacent to an activating group) is 1. The van der Waals surface area contributed by atoms with Crippen molar-refractivity contribution in [3.63, 3.8) is 0 Å². The number of amides is 2. The molecule has 180 valence electrons. The highest BCUT2D eigenvalue weighted by Crippen LogP contribution is 2.30. The van der Waals surface area contributed by atoms with E-state index in [1.54, 1.807) is 13.2 Å². The first-order valence-corrected chi connectivity index (χ1v) is 10.6. The van der Waals surface area contributed by atoms with Crippen molar-refractivity contribution in [2.24, 2.45) is 5.92 Å². The highest BCUT2D eigenvalue weighted by Gasteiger charge is 2.34. The third-order valence-electron chi connectivity index (χ3n) is 5.52. The van der Waals surface area contributed by atoms with Crippen LogP contribution in [0.5, 0.6) is 0 Å². The molecule has 2 aromatic heterocycles. The molecule has 1 unspecified atom stereocenters. The Balaban J connectivity index is 1.69. The largest absolute Gasteiger partial charge is 0.381 e. The summed E-state index contributed by atoms with van der Waals surface area (Å²) in [7, 11) is 2.90. The zero-order valence-electron chi connectivity index (χ0n) is 19.0. The number of aromatic nitrogens is 3. The molecule has 0 saturated heterocycles. The molecule has 10 nitrogen and oxygen atoms in total. The van der Waals surface area contributed by atoms with Crippen molar-refractivity contribution in [3.05, 3.63) is 30.4 Å². The van der Waals surface area contributed by atoms with Crippen LogP contribution in [0.25, 0.3) is 11.3 Å². The second-order valence-electron chi connectivity index (χ2n) is 8.01. The minimum Gasteiger partial charge on any atom is -0.381 e. The summed E-state index contributed by atoms with van der Waals surface area (Å²) in [4.78, 5) is 38.1. The summed E-state index contributed by atoms with van der Waals surface area (Å²) >= 11 is 0. The summed E-state index contributed by atoms with van der Waals surface area (Å²) in [5, 5.41) is 14.9. The summed E-state index contributed by atoms with van der Waals surface area (Å²) in [6.07, 6.45) is 3.09. The first-order valence-electron chi connectivity index (χ1n) is 10.6. The van der Waals surface area contributed by atoms with Crippen molar-refractivity contribution in [1.82, 2.24) is 19.9 Å². The molecular weight excluding hydrogens is 448 g/mol. The van der Waals surface area contributed by atoms with Gasteiger partial charge in [0, 0.05) is 31.8 Å². The number of carbonyl (C=O) groups excluding carboxylic acids is 2. The van der Waals surface area contributed by atoms with Crippen LogP contribution < -0.4 is 10.6 Å². The van der Waals surface area contributed by atoms with E-state index in [2.05, 4.69) is 25.6 Å². The predicted octanol–water partition coefficient (Wildman–Crippen LogP) is 2.30. The van der Waals surface area contributed by atoms with Crippen molar-refractivity contribution >= 4 is 23.3 Å².